The lowest BCUT2D eigenvalue weighted by Gasteiger charge is -2.30. The van der Waals surface area contributed by atoms with Gasteiger partial charge in [0, 0.05) is 30.3 Å². The van der Waals surface area contributed by atoms with Crippen LogP contribution in [0.15, 0.2) is 53.1 Å². The molecule has 0 saturated carbocycles. The number of ketones is 2. The van der Waals surface area contributed by atoms with Crippen LogP contribution < -0.4 is 4.72 Å². The van der Waals surface area contributed by atoms with Gasteiger partial charge in [0.25, 0.3) is 10.0 Å². The first kappa shape index (κ1) is 21.2. The lowest BCUT2D eigenvalue weighted by atomic mass is 9.91. The zero-order valence-corrected chi connectivity index (χ0v) is 17.3. The van der Waals surface area contributed by atoms with Crippen molar-refractivity contribution >= 4 is 27.3 Å². The minimum atomic E-state index is -4.65. The normalized spacial score (nSPS) is 17.4. The molecule has 0 radical (unpaired) electrons. The van der Waals surface area contributed by atoms with Gasteiger partial charge >= 0.3 is 0 Å². The lowest BCUT2D eigenvalue weighted by Crippen LogP contribution is -2.38. The number of fused-ring (bicyclic) bond motifs is 1. The van der Waals surface area contributed by atoms with Gasteiger partial charge in [-0.05, 0) is 25.0 Å². The number of sulfonamides is 1. The first-order chi connectivity index (χ1) is 14.8. The molecule has 2 aliphatic rings. The fraction of sp³-hybridized carbons (Fsp3) is 0.273. The third-order valence-corrected chi connectivity index (χ3v) is 6.82. The molecule has 0 spiro atoms. The molecule has 1 saturated heterocycles. The number of benzene rings is 2. The predicted molar refractivity (Wildman–Crippen MR) is 111 cm³/mol. The van der Waals surface area contributed by atoms with E-state index in [-0.39, 0.29) is 16.8 Å². The van der Waals surface area contributed by atoms with Gasteiger partial charge in [0.1, 0.15) is 17.3 Å². The molecule has 1 aliphatic heterocycles. The van der Waals surface area contributed by atoms with E-state index in [1.54, 1.807) is 11.0 Å². The summed E-state index contributed by atoms with van der Waals surface area (Å²) in [7, 11) is -4.65. The number of nitrogens with one attached hydrogen (secondary N) is 1. The maximum absolute atomic E-state index is 14.1. The number of rotatable bonds is 4. The number of carbonyl (C=O) groups excluding carboxylic acids is 2. The summed E-state index contributed by atoms with van der Waals surface area (Å²) in [5.41, 5.74) is -0.589. The average molecular weight is 446 g/mol. The Morgan fingerprint density at radius 3 is 2.06 bits per heavy atom. The zero-order chi connectivity index (χ0) is 22.2. The average Bonchev–Trinajstić information content (AvgIpc) is 3.02. The van der Waals surface area contributed by atoms with E-state index in [1.165, 1.54) is 18.2 Å². The van der Waals surface area contributed by atoms with Crippen molar-refractivity contribution in [3.8, 4) is 0 Å². The molecule has 1 aliphatic carbocycles. The van der Waals surface area contributed by atoms with E-state index in [9.17, 15) is 26.8 Å². The third-order valence-electron chi connectivity index (χ3n) is 5.42. The number of hydrogen-bond donors (Lipinski definition) is 1. The monoisotopic (exact) mass is 446 g/mol. The van der Waals surface area contributed by atoms with Crippen LogP contribution in [-0.2, 0) is 10.0 Å². The SMILES string of the molecule is O=C1C(N2CCCCCC2)=C(S(=O)(=O)Nc2ccc(F)cc2F)C(=O)c2ccccc21. The Morgan fingerprint density at radius 2 is 1.45 bits per heavy atom. The Bertz CT molecular complexity index is 1200. The molecule has 6 nitrogen and oxygen atoms in total. The third kappa shape index (κ3) is 3.97. The zero-order valence-electron chi connectivity index (χ0n) is 16.5. The Morgan fingerprint density at radius 1 is 0.839 bits per heavy atom. The van der Waals surface area contributed by atoms with Gasteiger partial charge in [0.2, 0.25) is 11.6 Å². The molecule has 0 unspecified atom stereocenters. The highest BCUT2D eigenvalue weighted by molar-refractivity contribution is 7.97. The molecule has 9 heteroatoms. The van der Waals surface area contributed by atoms with E-state index < -0.39 is 43.8 Å². The summed E-state index contributed by atoms with van der Waals surface area (Å²) in [6.45, 7) is 0.862. The van der Waals surface area contributed by atoms with E-state index >= 15 is 0 Å². The summed E-state index contributed by atoms with van der Waals surface area (Å²) in [5.74, 6) is -3.39. The highest BCUT2D eigenvalue weighted by Crippen LogP contribution is 2.33. The van der Waals surface area contributed by atoms with Crippen molar-refractivity contribution < 1.29 is 26.8 Å². The second-order valence-electron chi connectivity index (χ2n) is 7.51. The van der Waals surface area contributed by atoms with Crippen molar-refractivity contribution in [3.63, 3.8) is 0 Å². The smallest absolute Gasteiger partial charge is 0.268 e. The summed E-state index contributed by atoms with van der Waals surface area (Å²) < 4.78 is 55.9. The molecule has 162 valence electrons. The van der Waals surface area contributed by atoms with Crippen molar-refractivity contribution in [3.05, 3.63) is 75.8 Å². The second-order valence-corrected chi connectivity index (χ2v) is 9.13. The summed E-state index contributed by atoms with van der Waals surface area (Å²) in [6, 6.07) is 8.39. The van der Waals surface area contributed by atoms with Crippen molar-refractivity contribution in [2.24, 2.45) is 0 Å². The molecule has 0 aromatic heterocycles. The van der Waals surface area contributed by atoms with Gasteiger partial charge in [0.05, 0.1) is 5.69 Å². The quantitative estimate of drug-likeness (QED) is 0.771. The van der Waals surface area contributed by atoms with Crippen LogP contribution in [0.2, 0.25) is 0 Å². The summed E-state index contributed by atoms with van der Waals surface area (Å²) >= 11 is 0. The lowest BCUT2D eigenvalue weighted by molar-refractivity contribution is 0.0947. The maximum Gasteiger partial charge on any atom is 0.268 e. The van der Waals surface area contributed by atoms with Gasteiger partial charge in [-0.2, -0.15) is 0 Å². The molecular formula is C22H20F2N2O4S. The van der Waals surface area contributed by atoms with E-state index in [1.807, 2.05) is 4.72 Å². The predicted octanol–water partition coefficient (Wildman–Crippen LogP) is 3.87. The number of Topliss-reactive ketones (excluding diaryl/α,β-unsaturated/α-hetero) is 2. The summed E-state index contributed by atoms with van der Waals surface area (Å²) in [6.07, 6.45) is 3.37. The number of nitrogens with zero attached hydrogens (tertiary/aromatic N) is 1. The number of hydrogen-bond acceptors (Lipinski definition) is 5. The van der Waals surface area contributed by atoms with Crippen molar-refractivity contribution in [1.29, 1.82) is 0 Å². The minimum absolute atomic E-state index is 0.0222. The highest BCUT2D eigenvalue weighted by atomic mass is 32.2. The fourth-order valence-corrected chi connectivity index (χ4v) is 5.33. The number of likely N-dealkylation sites (tertiary alicyclic amines) is 1. The first-order valence-electron chi connectivity index (χ1n) is 9.95. The van der Waals surface area contributed by atoms with Crippen molar-refractivity contribution in [2.75, 3.05) is 17.8 Å². The summed E-state index contributed by atoms with van der Waals surface area (Å²) in [4.78, 5) is 27.5. The van der Waals surface area contributed by atoms with Crippen LogP contribution in [0.1, 0.15) is 46.4 Å². The van der Waals surface area contributed by atoms with E-state index in [2.05, 4.69) is 0 Å². The Kier molecular flexibility index (Phi) is 5.62. The van der Waals surface area contributed by atoms with Gasteiger partial charge < -0.3 is 4.90 Å². The van der Waals surface area contributed by atoms with Gasteiger partial charge in [-0.3, -0.25) is 14.3 Å². The molecule has 1 N–H and O–H groups in total. The molecule has 1 fully saturated rings. The highest BCUT2D eigenvalue weighted by Gasteiger charge is 2.41. The van der Waals surface area contributed by atoms with Gasteiger partial charge in [-0.15, -0.1) is 0 Å². The molecule has 0 amide bonds. The van der Waals surface area contributed by atoms with Crippen LogP contribution in [0.25, 0.3) is 0 Å². The number of halogens is 2. The van der Waals surface area contributed by atoms with Gasteiger partial charge in [-0.25, -0.2) is 17.2 Å². The van der Waals surface area contributed by atoms with Crippen molar-refractivity contribution in [1.82, 2.24) is 4.90 Å². The van der Waals surface area contributed by atoms with Crippen molar-refractivity contribution in [2.45, 2.75) is 25.7 Å². The van der Waals surface area contributed by atoms with Crippen LogP contribution >= 0.6 is 0 Å². The summed E-state index contributed by atoms with van der Waals surface area (Å²) in [5, 5.41) is 0. The Hall–Kier alpha value is -3.07. The standard InChI is InChI=1S/C22H20F2N2O4S/c23-14-9-10-18(17(24)13-14)25-31(29,30)22-19(26-11-5-1-2-6-12-26)20(27)15-7-3-4-8-16(15)21(22)28/h3-4,7-10,13,25H,1-2,5-6,11-12H2. The molecule has 2 aromatic rings. The molecule has 1 heterocycles. The molecule has 0 atom stereocenters. The molecule has 31 heavy (non-hydrogen) atoms. The van der Waals surface area contributed by atoms with Gasteiger partial charge in [0.15, 0.2) is 4.91 Å². The first-order valence-corrected chi connectivity index (χ1v) is 11.4. The fourth-order valence-electron chi connectivity index (χ4n) is 3.94. The molecule has 0 bridgehead atoms. The number of allylic oxidation sites excluding steroid dienone is 2. The number of anilines is 1. The van der Waals surface area contributed by atoms with E-state index in [0.717, 1.165) is 37.8 Å². The Labute approximate surface area is 178 Å². The molecular weight excluding hydrogens is 426 g/mol. The Balaban J connectivity index is 1.87. The van der Waals surface area contributed by atoms with Crippen LogP contribution in [0.3, 0.4) is 0 Å². The largest absolute Gasteiger partial charge is 0.367 e. The van der Waals surface area contributed by atoms with Crippen LogP contribution in [-0.4, -0.2) is 38.0 Å². The van der Waals surface area contributed by atoms with E-state index in [4.69, 9.17) is 0 Å². The topological polar surface area (TPSA) is 83.6 Å². The van der Waals surface area contributed by atoms with Crippen LogP contribution in [0.5, 0.6) is 0 Å². The molecule has 4 rings (SSSR count). The maximum atomic E-state index is 14.1. The van der Waals surface area contributed by atoms with Crippen LogP contribution in [0, 0.1) is 11.6 Å². The number of carbonyl (C=O) groups is 2. The second kappa shape index (κ2) is 8.22. The molecule has 2 aromatic carbocycles. The van der Waals surface area contributed by atoms with E-state index in [0.29, 0.717) is 19.2 Å². The van der Waals surface area contributed by atoms with Gasteiger partial charge in [-0.1, -0.05) is 37.1 Å². The minimum Gasteiger partial charge on any atom is -0.367 e. The van der Waals surface area contributed by atoms with Crippen LogP contribution in [0.4, 0.5) is 14.5 Å².